The number of benzene rings is 5. The zero-order chi connectivity index (χ0) is 51.2. The highest BCUT2D eigenvalue weighted by Crippen LogP contribution is 2.66. The molecule has 2 saturated heterocycles. The molecule has 6 aromatic rings. The van der Waals surface area contributed by atoms with Crippen LogP contribution < -0.4 is 15.0 Å². The van der Waals surface area contributed by atoms with Crippen LogP contribution in [-0.4, -0.2) is 110 Å². The molecular weight excluding hydrogens is 939 g/mol. The molecule has 1 aromatic heterocycles. The number of amides is 3. The Hall–Kier alpha value is -8.37. The van der Waals surface area contributed by atoms with Crippen molar-refractivity contribution in [3.05, 3.63) is 161 Å². The second kappa shape index (κ2) is 21.5. The molecule has 5 aromatic carbocycles. The number of nitrogens with one attached hydrogen (secondary N) is 2. The number of aromatic amines is 1. The summed E-state index contributed by atoms with van der Waals surface area (Å²) in [5.41, 5.74) is 1.29. The molecule has 3 aliphatic heterocycles. The van der Waals surface area contributed by atoms with Crippen LogP contribution >= 0.6 is 0 Å². The number of carbonyl (C=O) groups is 6. The van der Waals surface area contributed by atoms with Crippen LogP contribution in [0.15, 0.2) is 127 Å². The monoisotopic (exact) mass is 989 g/mol. The Morgan fingerprint density at radius 1 is 0.808 bits per heavy atom. The molecular formula is C55H51N5O13. The number of hydrogen-bond donors (Lipinski definition) is 3. The van der Waals surface area contributed by atoms with Crippen LogP contribution in [0.25, 0.3) is 11.0 Å². The summed E-state index contributed by atoms with van der Waals surface area (Å²) in [7, 11) is 3.70. The van der Waals surface area contributed by atoms with E-state index in [1.807, 2.05) is 89.8 Å². The Labute approximate surface area is 419 Å². The smallest absolute Gasteiger partial charge is 0.421 e. The van der Waals surface area contributed by atoms with Gasteiger partial charge in [0.1, 0.15) is 42.3 Å². The number of aliphatic hydroxyl groups is 1. The Morgan fingerprint density at radius 2 is 1.51 bits per heavy atom. The summed E-state index contributed by atoms with van der Waals surface area (Å²) in [6.45, 7) is -0.795. The van der Waals surface area contributed by atoms with Crippen LogP contribution in [0.3, 0.4) is 0 Å². The van der Waals surface area contributed by atoms with Gasteiger partial charge >= 0.3 is 24.0 Å². The van der Waals surface area contributed by atoms with Crippen LogP contribution in [-0.2, 0) is 59.6 Å². The molecule has 0 bridgehead atoms. The lowest BCUT2D eigenvalue weighted by molar-refractivity contribution is -0.178. The number of aromatic nitrogens is 2. The van der Waals surface area contributed by atoms with Gasteiger partial charge in [-0.1, -0.05) is 96.8 Å². The SMILES string of the molecule is COCCOC(=O)N1C(=O)[C@@]2(c3cc(C#CCC(C(=O)OC)C(=O)OC)ccc31)[C@H](C(=O)NCc1nc3ccccc3[nH]1)[C@H]1C(=O)O[C@H](c3ccccc3)[C@H](c3ccccc3)N1[C@@H]2c1cccc(OCCO)c1. The van der Waals surface area contributed by atoms with E-state index < -0.39 is 77.3 Å². The van der Waals surface area contributed by atoms with Crippen molar-refractivity contribution < 1.29 is 62.3 Å². The van der Waals surface area contributed by atoms with Gasteiger partial charge in [-0.25, -0.2) is 14.7 Å². The first-order chi connectivity index (χ1) is 35.5. The molecule has 6 atom stereocenters. The third-order valence-electron chi connectivity index (χ3n) is 13.3. The number of nitrogens with zero attached hydrogens (tertiary/aromatic N) is 3. The number of imide groups is 1. The van der Waals surface area contributed by atoms with E-state index in [-0.39, 0.29) is 56.2 Å². The van der Waals surface area contributed by atoms with Gasteiger partial charge in [0.2, 0.25) is 11.8 Å². The number of esters is 3. The number of para-hydroxylation sites is 2. The Bertz CT molecular complexity index is 3070. The highest BCUT2D eigenvalue weighted by atomic mass is 16.6. The van der Waals surface area contributed by atoms with E-state index in [1.165, 1.54) is 13.2 Å². The van der Waals surface area contributed by atoms with E-state index in [0.29, 0.717) is 39.3 Å². The Kier molecular flexibility index (Phi) is 14.6. The lowest BCUT2D eigenvalue weighted by atomic mass is 9.65. The second-order valence-electron chi connectivity index (χ2n) is 17.4. The summed E-state index contributed by atoms with van der Waals surface area (Å²) in [6, 6.07) is 33.5. The number of anilines is 1. The molecule has 3 N–H and O–H groups in total. The van der Waals surface area contributed by atoms with E-state index in [0.717, 1.165) is 19.1 Å². The summed E-state index contributed by atoms with van der Waals surface area (Å²) in [6.07, 6.45) is -2.39. The van der Waals surface area contributed by atoms with E-state index >= 15 is 14.4 Å². The van der Waals surface area contributed by atoms with Gasteiger partial charge in [-0.3, -0.25) is 28.9 Å². The number of methoxy groups -OCH3 is 3. The number of hydrogen-bond acceptors (Lipinski definition) is 15. The van der Waals surface area contributed by atoms with Crippen molar-refractivity contribution in [3.8, 4) is 17.6 Å². The number of imidazole rings is 1. The van der Waals surface area contributed by atoms with Crippen molar-refractivity contribution in [2.75, 3.05) is 52.7 Å². The number of H-pyrrole nitrogens is 1. The maximum Gasteiger partial charge on any atom is 0.421 e. The first-order valence-corrected chi connectivity index (χ1v) is 23.5. The fourth-order valence-electron chi connectivity index (χ4n) is 10.4. The summed E-state index contributed by atoms with van der Waals surface area (Å²) in [5, 5.41) is 12.8. The van der Waals surface area contributed by atoms with Gasteiger partial charge < -0.3 is 43.8 Å². The van der Waals surface area contributed by atoms with Gasteiger partial charge in [0, 0.05) is 19.1 Å². The van der Waals surface area contributed by atoms with Gasteiger partial charge in [0.25, 0.3) is 0 Å². The van der Waals surface area contributed by atoms with Crippen molar-refractivity contribution in [2.45, 2.75) is 42.6 Å². The number of carbonyl (C=O) groups excluding carboxylic acids is 6. The molecule has 18 heteroatoms. The fourth-order valence-corrected chi connectivity index (χ4v) is 10.4. The molecule has 1 spiro atoms. The first kappa shape index (κ1) is 49.6. The predicted octanol–water partition coefficient (Wildman–Crippen LogP) is 5.40. The minimum absolute atomic E-state index is 0.00413. The second-order valence-corrected chi connectivity index (χ2v) is 17.4. The Balaban J connectivity index is 1.32. The number of cyclic esters (lactones) is 1. The van der Waals surface area contributed by atoms with E-state index in [2.05, 4.69) is 27.1 Å². The van der Waals surface area contributed by atoms with Gasteiger partial charge in [-0.2, -0.15) is 0 Å². The highest BCUT2D eigenvalue weighted by Gasteiger charge is 2.76. The van der Waals surface area contributed by atoms with Crippen LogP contribution in [0.5, 0.6) is 5.75 Å². The number of ether oxygens (including phenoxy) is 6. The average molecular weight is 990 g/mol. The van der Waals surface area contributed by atoms with Crippen molar-refractivity contribution >= 4 is 52.5 Å². The van der Waals surface area contributed by atoms with Crippen molar-refractivity contribution in [1.29, 1.82) is 0 Å². The van der Waals surface area contributed by atoms with Crippen molar-refractivity contribution in [3.63, 3.8) is 0 Å². The molecule has 3 amide bonds. The molecule has 3 aliphatic rings. The van der Waals surface area contributed by atoms with Crippen LogP contribution in [0, 0.1) is 23.7 Å². The largest absolute Gasteiger partial charge is 0.491 e. The topological polar surface area (TPSA) is 225 Å². The van der Waals surface area contributed by atoms with Crippen LogP contribution in [0.1, 0.15) is 58.3 Å². The molecule has 0 aliphatic carbocycles. The van der Waals surface area contributed by atoms with Gasteiger partial charge in [-0.15, -0.1) is 0 Å². The lowest BCUT2D eigenvalue weighted by Crippen LogP contribution is -2.55. The van der Waals surface area contributed by atoms with Gasteiger partial charge in [0.05, 0.1) is 68.7 Å². The normalized spacial score (nSPS) is 20.9. The van der Waals surface area contributed by atoms with Crippen LogP contribution in [0.4, 0.5) is 10.5 Å². The zero-order valence-corrected chi connectivity index (χ0v) is 40.0. The first-order valence-electron chi connectivity index (χ1n) is 23.5. The molecule has 4 heterocycles. The maximum absolute atomic E-state index is 16.5. The van der Waals surface area contributed by atoms with Gasteiger partial charge in [0.15, 0.2) is 5.92 Å². The minimum Gasteiger partial charge on any atom is -0.491 e. The third-order valence-corrected chi connectivity index (χ3v) is 13.3. The maximum atomic E-state index is 16.5. The molecule has 9 rings (SSSR count). The fraction of sp³-hybridized carbons (Fsp3) is 0.291. The third kappa shape index (κ3) is 9.25. The summed E-state index contributed by atoms with van der Waals surface area (Å²) < 4.78 is 33.1. The standard InChI is InChI=1S/C55H51N5O13/c1-68-28-29-72-54(67)59-42-25-24-33(14-12-21-38(50(63)69-2)51(64)70-3)30-39(42)55(53(59)66)44(49(62)56-32-43-57-40-22-10-11-23-41(40)58-43)46-52(65)73-47(35-17-8-5-9-18-35)45(34-15-6-4-7-16-34)60(46)48(55)36-19-13-20-37(31-36)71-27-26-61/h4-11,13,15-20,22-25,30-31,38,44-48,61H,21,26-29,32H2,1-3H3,(H,56,62)(H,57,58)/t44-,45-,46-,47+,48+,55-/m0/s1. The van der Waals surface area contributed by atoms with Gasteiger partial charge in [-0.05, 0) is 64.7 Å². The number of aliphatic hydroxyl groups excluding tert-OH is 1. The highest BCUT2D eigenvalue weighted by molar-refractivity contribution is 6.23. The number of rotatable bonds is 15. The molecule has 0 radical (unpaired) electrons. The lowest BCUT2D eigenvalue weighted by Gasteiger charge is -2.46. The zero-order valence-electron chi connectivity index (χ0n) is 40.0. The molecule has 2 fully saturated rings. The van der Waals surface area contributed by atoms with Crippen molar-refractivity contribution in [1.82, 2.24) is 20.2 Å². The summed E-state index contributed by atoms with van der Waals surface area (Å²) in [5.74, 6) is -0.660. The van der Waals surface area contributed by atoms with E-state index in [9.17, 15) is 19.5 Å². The quantitative estimate of drug-likeness (QED) is 0.0385. The molecule has 0 unspecified atom stereocenters. The Morgan fingerprint density at radius 3 is 2.21 bits per heavy atom. The predicted molar refractivity (Wildman–Crippen MR) is 261 cm³/mol. The molecule has 18 nitrogen and oxygen atoms in total. The molecule has 73 heavy (non-hydrogen) atoms. The summed E-state index contributed by atoms with van der Waals surface area (Å²) in [4.78, 5) is 98.4. The molecule has 0 saturated carbocycles. The number of fused-ring (bicyclic) bond motifs is 4. The van der Waals surface area contributed by atoms with E-state index in [1.54, 1.807) is 36.4 Å². The average Bonchev–Trinajstić information content (AvgIpc) is 4.08. The summed E-state index contributed by atoms with van der Waals surface area (Å²) >= 11 is 0. The van der Waals surface area contributed by atoms with Crippen LogP contribution in [0.2, 0.25) is 0 Å². The molecule has 374 valence electrons. The number of morpholine rings is 1. The van der Waals surface area contributed by atoms with Crippen molar-refractivity contribution in [2.24, 2.45) is 11.8 Å². The van der Waals surface area contributed by atoms with E-state index in [4.69, 9.17) is 28.4 Å². The minimum atomic E-state index is -2.20.